The highest BCUT2D eigenvalue weighted by Crippen LogP contribution is 2.24. The van der Waals surface area contributed by atoms with Crippen LogP contribution in [0.1, 0.15) is 15.3 Å². The number of nitrogens with one attached hydrogen (secondary N) is 1. The average molecular weight is 248 g/mol. The second kappa shape index (κ2) is 5.19. The quantitative estimate of drug-likeness (QED) is 0.900. The lowest BCUT2D eigenvalue weighted by atomic mass is 10.3. The van der Waals surface area contributed by atoms with Gasteiger partial charge in [-0.25, -0.2) is 4.98 Å². The lowest BCUT2D eigenvalue weighted by molar-refractivity contribution is 0.415. The Balaban J connectivity index is 2.07. The van der Waals surface area contributed by atoms with Crippen LogP contribution < -0.4 is 10.1 Å². The van der Waals surface area contributed by atoms with E-state index in [1.165, 1.54) is 15.3 Å². The summed E-state index contributed by atoms with van der Waals surface area (Å²) in [6.45, 7) is 5.06. The van der Waals surface area contributed by atoms with Gasteiger partial charge in [0.2, 0.25) is 0 Å². The van der Waals surface area contributed by atoms with Gasteiger partial charge < -0.3 is 10.1 Å². The maximum Gasteiger partial charge on any atom is 0.169 e. The van der Waals surface area contributed by atoms with Crippen LogP contribution in [0.3, 0.4) is 0 Å². The Morgan fingerprint density at radius 3 is 2.88 bits per heavy atom. The standard InChI is InChI=1S/C13H16N2OS/c1-9-7-11(17-10(9)2)8-15-13-12(16-3)5-4-6-14-13/h4-7H,8H2,1-3H3,(H,14,15). The first kappa shape index (κ1) is 11.9. The second-order valence-electron chi connectivity index (χ2n) is 3.86. The van der Waals surface area contributed by atoms with Gasteiger partial charge >= 0.3 is 0 Å². The highest BCUT2D eigenvalue weighted by Gasteiger charge is 2.05. The Bertz CT molecular complexity index is 488. The van der Waals surface area contributed by atoms with Gasteiger partial charge in [-0.3, -0.25) is 0 Å². The van der Waals surface area contributed by atoms with E-state index in [0.29, 0.717) is 0 Å². The van der Waals surface area contributed by atoms with Crippen molar-refractivity contribution in [3.8, 4) is 5.75 Å². The minimum atomic E-state index is 0.775. The van der Waals surface area contributed by atoms with Crippen LogP contribution in [-0.2, 0) is 6.54 Å². The van der Waals surface area contributed by atoms with Crippen LogP contribution in [0.5, 0.6) is 5.75 Å². The second-order valence-corrected chi connectivity index (χ2v) is 5.20. The number of thiophene rings is 1. The predicted molar refractivity (Wildman–Crippen MR) is 71.9 cm³/mol. The van der Waals surface area contributed by atoms with Crippen LogP contribution in [0.25, 0.3) is 0 Å². The van der Waals surface area contributed by atoms with E-state index in [-0.39, 0.29) is 0 Å². The molecule has 0 spiro atoms. The van der Waals surface area contributed by atoms with Crippen LogP contribution in [0.15, 0.2) is 24.4 Å². The van der Waals surface area contributed by atoms with Crippen molar-refractivity contribution < 1.29 is 4.74 Å². The van der Waals surface area contributed by atoms with Crippen molar-refractivity contribution in [2.24, 2.45) is 0 Å². The van der Waals surface area contributed by atoms with Crippen molar-refractivity contribution in [3.05, 3.63) is 39.7 Å². The van der Waals surface area contributed by atoms with Crippen molar-refractivity contribution in [3.63, 3.8) is 0 Å². The van der Waals surface area contributed by atoms with E-state index in [1.807, 2.05) is 23.5 Å². The van der Waals surface area contributed by atoms with Crippen molar-refractivity contribution >= 4 is 17.2 Å². The van der Waals surface area contributed by atoms with E-state index in [2.05, 4.69) is 30.2 Å². The smallest absolute Gasteiger partial charge is 0.169 e. The maximum absolute atomic E-state index is 5.24. The summed E-state index contributed by atoms with van der Waals surface area (Å²) in [5.74, 6) is 1.57. The minimum absolute atomic E-state index is 0.775. The molecule has 2 aromatic heterocycles. The largest absolute Gasteiger partial charge is 0.493 e. The van der Waals surface area contributed by atoms with Gasteiger partial charge in [0.25, 0.3) is 0 Å². The van der Waals surface area contributed by atoms with E-state index >= 15 is 0 Å². The number of ether oxygens (including phenoxy) is 1. The summed E-state index contributed by atoms with van der Waals surface area (Å²) < 4.78 is 5.24. The van der Waals surface area contributed by atoms with Gasteiger partial charge in [0.05, 0.1) is 13.7 Å². The Morgan fingerprint density at radius 1 is 1.41 bits per heavy atom. The molecule has 0 aliphatic carbocycles. The van der Waals surface area contributed by atoms with Gasteiger partial charge in [-0.2, -0.15) is 0 Å². The van der Waals surface area contributed by atoms with Crippen LogP contribution in [0.2, 0.25) is 0 Å². The molecular formula is C13H16N2OS. The van der Waals surface area contributed by atoms with Crippen molar-refractivity contribution in [1.29, 1.82) is 0 Å². The molecule has 1 N–H and O–H groups in total. The molecule has 0 fully saturated rings. The van der Waals surface area contributed by atoms with Crippen LogP contribution in [0, 0.1) is 13.8 Å². The third kappa shape index (κ3) is 2.77. The molecule has 0 aromatic carbocycles. The number of anilines is 1. The topological polar surface area (TPSA) is 34.1 Å². The zero-order valence-electron chi connectivity index (χ0n) is 10.3. The molecular weight excluding hydrogens is 232 g/mol. The molecule has 0 saturated carbocycles. The number of methoxy groups -OCH3 is 1. The van der Waals surface area contributed by atoms with E-state index in [9.17, 15) is 0 Å². The van der Waals surface area contributed by atoms with Gasteiger partial charge in [-0.1, -0.05) is 0 Å². The third-order valence-corrected chi connectivity index (χ3v) is 3.79. The molecule has 0 saturated heterocycles. The van der Waals surface area contributed by atoms with Crippen molar-refractivity contribution in [2.45, 2.75) is 20.4 Å². The number of aryl methyl sites for hydroxylation is 2. The van der Waals surface area contributed by atoms with E-state index in [0.717, 1.165) is 18.1 Å². The monoisotopic (exact) mass is 248 g/mol. The molecule has 90 valence electrons. The molecule has 17 heavy (non-hydrogen) atoms. The molecule has 2 aromatic rings. The van der Waals surface area contributed by atoms with Gasteiger partial charge in [0.1, 0.15) is 0 Å². The number of nitrogens with zero attached hydrogens (tertiary/aromatic N) is 1. The number of hydrogen-bond acceptors (Lipinski definition) is 4. The molecule has 2 heterocycles. The van der Waals surface area contributed by atoms with Crippen LogP contribution in [-0.4, -0.2) is 12.1 Å². The van der Waals surface area contributed by atoms with Crippen molar-refractivity contribution in [2.75, 3.05) is 12.4 Å². The molecule has 0 aliphatic rings. The Labute approximate surface area is 105 Å². The van der Waals surface area contributed by atoms with Gasteiger partial charge in [0.15, 0.2) is 11.6 Å². The fourth-order valence-electron chi connectivity index (χ4n) is 1.60. The SMILES string of the molecule is COc1cccnc1NCc1cc(C)c(C)s1. The molecule has 2 rings (SSSR count). The molecule has 4 heteroatoms. The molecule has 0 unspecified atom stereocenters. The Morgan fingerprint density at radius 2 is 2.24 bits per heavy atom. The van der Waals surface area contributed by atoms with E-state index in [1.54, 1.807) is 13.3 Å². The normalized spacial score (nSPS) is 10.3. The summed E-state index contributed by atoms with van der Waals surface area (Å²) in [7, 11) is 1.65. The summed E-state index contributed by atoms with van der Waals surface area (Å²) in [4.78, 5) is 6.95. The molecule has 0 atom stereocenters. The summed E-state index contributed by atoms with van der Waals surface area (Å²) in [6, 6.07) is 5.98. The first-order valence-corrected chi connectivity index (χ1v) is 6.31. The summed E-state index contributed by atoms with van der Waals surface area (Å²) in [5.41, 5.74) is 1.35. The van der Waals surface area contributed by atoms with E-state index in [4.69, 9.17) is 4.74 Å². The molecule has 0 aliphatic heterocycles. The lowest BCUT2D eigenvalue weighted by Crippen LogP contribution is -2.01. The summed E-state index contributed by atoms with van der Waals surface area (Å²) in [5, 5.41) is 3.30. The van der Waals surface area contributed by atoms with Crippen LogP contribution in [0.4, 0.5) is 5.82 Å². The van der Waals surface area contributed by atoms with Gasteiger partial charge in [-0.05, 0) is 37.6 Å². The summed E-state index contributed by atoms with van der Waals surface area (Å²) in [6.07, 6.45) is 1.76. The van der Waals surface area contributed by atoms with Gasteiger partial charge in [-0.15, -0.1) is 11.3 Å². The fourth-order valence-corrected chi connectivity index (χ4v) is 2.59. The number of pyridine rings is 1. The first-order valence-electron chi connectivity index (χ1n) is 5.49. The third-order valence-electron chi connectivity index (χ3n) is 2.64. The molecule has 0 radical (unpaired) electrons. The number of rotatable bonds is 4. The van der Waals surface area contributed by atoms with Crippen molar-refractivity contribution in [1.82, 2.24) is 4.98 Å². The first-order chi connectivity index (χ1) is 8.20. The zero-order valence-corrected chi connectivity index (χ0v) is 11.1. The van der Waals surface area contributed by atoms with Gasteiger partial charge in [0, 0.05) is 16.0 Å². The Kier molecular flexibility index (Phi) is 3.64. The minimum Gasteiger partial charge on any atom is -0.493 e. The molecule has 0 amide bonds. The number of hydrogen-bond donors (Lipinski definition) is 1. The van der Waals surface area contributed by atoms with Crippen LogP contribution >= 0.6 is 11.3 Å². The average Bonchev–Trinajstić information content (AvgIpc) is 2.66. The predicted octanol–water partition coefficient (Wildman–Crippen LogP) is 3.38. The maximum atomic E-state index is 5.24. The fraction of sp³-hybridized carbons (Fsp3) is 0.308. The lowest BCUT2D eigenvalue weighted by Gasteiger charge is -2.08. The highest BCUT2D eigenvalue weighted by atomic mass is 32.1. The highest BCUT2D eigenvalue weighted by molar-refractivity contribution is 7.12. The summed E-state index contributed by atoms with van der Waals surface area (Å²) >= 11 is 1.82. The number of aromatic nitrogens is 1. The Hall–Kier alpha value is -1.55. The zero-order chi connectivity index (χ0) is 12.3. The molecule has 3 nitrogen and oxygen atoms in total. The molecule has 0 bridgehead atoms. The van der Waals surface area contributed by atoms with E-state index < -0.39 is 0 Å².